The van der Waals surface area contributed by atoms with E-state index in [2.05, 4.69) is 54.9 Å². The molecule has 2 N–H and O–H groups in total. The van der Waals surface area contributed by atoms with Gasteiger partial charge in [-0.15, -0.1) is 0 Å². The molecule has 8 nitrogen and oxygen atoms in total. The fourth-order valence-electron chi connectivity index (χ4n) is 5.61. The Labute approximate surface area is 215 Å². The zero-order chi connectivity index (χ0) is 24.8. The highest BCUT2D eigenvalue weighted by Crippen LogP contribution is 2.40. The number of hydrogen-bond acceptors (Lipinski definition) is 7. The van der Waals surface area contributed by atoms with E-state index in [4.69, 9.17) is 15.5 Å². The quantitative estimate of drug-likeness (QED) is 0.340. The fraction of sp³-hybridized carbons (Fsp3) is 0.310. The molecule has 186 valence electrons. The van der Waals surface area contributed by atoms with Crippen LogP contribution in [-0.4, -0.2) is 37.6 Å². The molecule has 5 heterocycles. The number of fused-ring (bicyclic) bond motifs is 2. The minimum atomic E-state index is 0.407. The van der Waals surface area contributed by atoms with Crippen LogP contribution in [0.5, 0.6) is 5.75 Å². The van der Waals surface area contributed by atoms with E-state index in [0.717, 1.165) is 57.8 Å². The van der Waals surface area contributed by atoms with Crippen LogP contribution in [0.1, 0.15) is 49.1 Å². The second-order valence-electron chi connectivity index (χ2n) is 10.1. The van der Waals surface area contributed by atoms with Gasteiger partial charge in [-0.25, -0.2) is 15.0 Å². The molecule has 1 aliphatic heterocycles. The number of benzene rings is 1. The Hall–Kier alpha value is -4.20. The summed E-state index contributed by atoms with van der Waals surface area (Å²) in [6.07, 6.45) is 13.5. The molecule has 8 heteroatoms. The number of aromatic nitrogens is 5. The van der Waals surface area contributed by atoms with Crippen LogP contribution in [0.3, 0.4) is 0 Å². The lowest BCUT2D eigenvalue weighted by molar-refractivity contribution is 0.306. The van der Waals surface area contributed by atoms with E-state index in [1.807, 2.05) is 24.5 Å². The number of anilines is 2. The van der Waals surface area contributed by atoms with E-state index < -0.39 is 0 Å². The zero-order valence-corrected chi connectivity index (χ0v) is 20.7. The second-order valence-corrected chi connectivity index (χ2v) is 10.1. The highest BCUT2D eigenvalue weighted by atomic mass is 16.5. The first kappa shape index (κ1) is 22.0. The molecule has 1 saturated heterocycles. The van der Waals surface area contributed by atoms with Gasteiger partial charge in [0.05, 0.1) is 22.8 Å². The summed E-state index contributed by atoms with van der Waals surface area (Å²) in [6.45, 7) is 2.56. The Balaban J connectivity index is 1.16. The van der Waals surface area contributed by atoms with Crippen LogP contribution in [0.4, 0.5) is 11.6 Å². The van der Waals surface area contributed by atoms with Crippen LogP contribution < -0.4 is 15.4 Å². The Morgan fingerprint density at radius 1 is 0.973 bits per heavy atom. The first-order valence-electron chi connectivity index (χ1n) is 13.1. The number of nitrogens with zero attached hydrogens (tertiary/aromatic N) is 6. The van der Waals surface area contributed by atoms with Gasteiger partial charge in [-0.1, -0.05) is 12.8 Å². The van der Waals surface area contributed by atoms with Crippen molar-refractivity contribution in [3.05, 3.63) is 72.4 Å². The van der Waals surface area contributed by atoms with E-state index >= 15 is 0 Å². The molecule has 1 aromatic carbocycles. The molecular weight excluding hydrogens is 462 g/mol. The first-order chi connectivity index (χ1) is 18.2. The van der Waals surface area contributed by atoms with Crippen LogP contribution in [0.15, 0.2) is 61.3 Å². The Morgan fingerprint density at radius 3 is 2.68 bits per heavy atom. The van der Waals surface area contributed by atoms with E-state index in [0.29, 0.717) is 18.3 Å². The van der Waals surface area contributed by atoms with E-state index in [-0.39, 0.29) is 0 Å². The maximum atomic E-state index is 6.33. The van der Waals surface area contributed by atoms with E-state index in [9.17, 15) is 0 Å². The summed E-state index contributed by atoms with van der Waals surface area (Å²) in [5.74, 6) is 2.87. The number of hydrogen-bond donors (Lipinski definition) is 1. The summed E-state index contributed by atoms with van der Waals surface area (Å²) in [5, 5.41) is 2.08. The minimum absolute atomic E-state index is 0.407. The summed E-state index contributed by atoms with van der Waals surface area (Å²) >= 11 is 0. The monoisotopic (exact) mass is 491 g/mol. The molecule has 1 saturated carbocycles. The van der Waals surface area contributed by atoms with Gasteiger partial charge in [0.15, 0.2) is 0 Å². The van der Waals surface area contributed by atoms with Crippen molar-refractivity contribution < 1.29 is 4.74 Å². The van der Waals surface area contributed by atoms with E-state index in [1.165, 1.54) is 44.0 Å². The largest absolute Gasteiger partial charge is 0.489 e. The highest BCUT2D eigenvalue weighted by molar-refractivity contribution is 5.91. The molecule has 2 aliphatic rings. The Morgan fingerprint density at radius 2 is 1.84 bits per heavy atom. The first-order valence-corrected chi connectivity index (χ1v) is 13.1. The predicted octanol–water partition coefficient (Wildman–Crippen LogP) is 5.39. The number of rotatable bonds is 6. The second kappa shape index (κ2) is 9.03. The van der Waals surface area contributed by atoms with Gasteiger partial charge in [-0.2, -0.15) is 0 Å². The van der Waals surface area contributed by atoms with Crippen LogP contribution in [0.2, 0.25) is 0 Å². The lowest BCUT2D eigenvalue weighted by Gasteiger charge is -2.32. The summed E-state index contributed by atoms with van der Waals surface area (Å²) in [5.41, 5.74) is 11.3. The van der Waals surface area contributed by atoms with Gasteiger partial charge >= 0.3 is 0 Å². The zero-order valence-electron chi connectivity index (χ0n) is 20.7. The molecule has 0 atom stereocenters. The highest BCUT2D eigenvalue weighted by Gasteiger charge is 2.24. The average molecular weight is 492 g/mol. The fourth-order valence-corrected chi connectivity index (χ4v) is 5.61. The normalized spacial score (nSPS) is 15.9. The van der Waals surface area contributed by atoms with Gasteiger partial charge in [0.1, 0.15) is 36.0 Å². The molecule has 1 aliphatic carbocycles. The van der Waals surface area contributed by atoms with Gasteiger partial charge in [0.25, 0.3) is 0 Å². The van der Waals surface area contributed by atoms with Crippen molar-refractivity contribution in [2.75, 3.05) is 23.7 Å². The topological polar surface area (TPSA) is 95.0 Å². The van der Waals surface area contributed by atoms with Gasteiger partial charge in [-0.05, 0) is 61.1 Å². The lowest BCUT2D eigenvalue weighted by atomic mass is 9.98. The molecule has 37 heavy (non-hydrogen) atoms. The van der Waals surface area contributed by atoms with Crippen molar-refractivity contribution in [2.24, 2.45) is 0 Å². The lowest BCUT2D eigenvalue weighted by Crippen LogP contribution is -2.37. The third-order valence-electron chi connectivity index (χ3n) is 7.73. The number of nitrogens with two attached hydrogens (primary N) is 1. The molecule has 0 spiro atoms. The summed E-state index contributed by atoms with van der Waals surface area (Å²) in [6, 6.07) is 12.4. The molecule has 0 amide bonds. The molecule has 0 unspecified atom stereocenters. The smallest absolute Gasteiger partial charge is 0.150 e. The number of pyridine rings is 2. The van der Waals surface area contributed by atoms with Crippen molar-refractivity contribution in [3.8, 4) is 11.4 Å². The predicted molar refractivity (Wildman–Crippen MR) is 145 cm³/mol. The van der Waals surface area contributed by atoms with Crippen molar-refractivity contribution in [2.45, 2.75) is 44.6 Å². The minimum Gasteiger partial charge on any atom is -0.489 e. The van der Waals surface area contributed by atoms with Crippen LogP contribution in [0.25, 0.3) is 27.6 Å². The van der Waals surface area contributed by atoms with Gasteiger partial charge in [-0.3, -0.25) is 9.55 Å². The SMILES string of the molecule is Nc1ncnc2c1c(C1CCCC1)cn2-c1cncc(COc2ccc3ccc(N4CCC4)nc3c2)c1. The summed E-state index contributed by atoms with van der Waals surface area (Å²) in [7, 11) is 0. The summed E-state index contributed by atoms with van der Waals surface area (Å²) < 4.78 is 8.27. The maximum Gasteiger partial charge on any atom is 0.150 e. The van der Waals surface area contributed by atoms with Crippen molar-refractivity contribution in [1.82, 2.24) is 24.5 Å². The van der Waals surface area contributed by atoms with Crippen LogP contribution in [-0.2, 0) is 6.61 Å². The van der Waals surface area contributed by atoms with Gasteiger partial charge < -0.3 is 15.4 Å². The standard InChI is InChI=1S/C29H29N7O/c30-28-27-24(20-4-1-2-5-20)16-36(29(27)33-18-32-28)22-12-19(14-31-15-22)17-37-23-8-6-21-7-9-26(34-25(21)13-23)35-10-3-11-35/h6-9,12-16,18,20H,1-5,10-11,17H2,(H2,30,32,33). The molecule has 2 fully saturated rings. The van der Waals surface area contributed by atoms with E-state index in [1.54, 1.807) is 0 Å². The number of ether oxygens (including phenoxy) is 1. The molecule has 0 bridgehead atoms. The third-order valence-corrected chi connectivity index (χ3v) is 7.73. The van der Waals surface area contributed by atoms with Gasteiger partial charge in [0.2, 0.25) is 0 Å². The van der Waals surface area contributed by atoms with Crippen LogP contribution >= 0.6 is 0 Å². The molecule has 5 aromatic rings. The molecule has 7 rings (SSSR count). The van der Waals surface area contributed by atoms with Crippen LogP contribution in [0, 0.1) is 0 Å². The maximum absolute atomic E-state index is 6.33. The van der Waals surface area contributed by atoms with Crippen molar-refractivity contribution in [3.63, 3.8) is 0 Å². The summed E-state index contributed by atoms with van der Waals surface area (Å²) in [4.78, 5) is 20.5. The van der Waals surface area contributed by atoms with Gasteiger partial charge in [0, 0.05) is 42.5 Å². The molecule has 0 radical (unpaired) electrons. The number of nitrogen functional groups attached to an aromatic ring is 1. The van der Waals surface area contributed by atoms with Crippen molar-refractivity contribution >= 4 is 33.6 Å². The average Bonchev–Trinajstić information content (AvgIpc) is 3.55. The van der Waals surface area contributed by atoms with Crippen molar-refractivity contribution in [1.29, 1.82) is 0 Å². The molecular formula is C29H29N7O. The third kappa shape index (κ3) is 4.02. The Bertz CT molecular complexity index is 1600. The molecule has 4 aromatic heterocycles. The Kier molecular flexibility index (Phi) is 5.38.